The molecule has 0 fully saturated rings. The van der Waals surface area contributed by atoms with Crippen LogP contribution in [-0.4, -0.2) is 9.97 Å². The summed E-state index contributed by atoms with van der Waals surface area (Å²) in [4.78, 5) is 4.88. The number of oxazole rings is 1. The molecular formula is C15H12N2OS. The highest BCUT2D eigenvalue weighted by molar-refractivity contribution is 7.80. The Bertz CT molecular complexity index is 673. The number of hydrogen-bond donors (Lipinski definition) is 1. The van der Waals surface area contributed by atoms with Crippen LogP contribution in [0, 0.1) is 0 Å². The van der Waals surface area contributed by atoms with E-state index in [1.165, 1.54) is 5.56 Å². The van der Waals surface area contributed by atoms with E-state index in [0.717, 1.165) is 11.1 Å². The Morgan fingerprint density at radius 2 is 1.79 bits per heavy atom. The second-order valence-corrected chi connectivity index (χ2v) is 4.56. The van der Waals surface area contributed by atoms with Crippen LogP contribution in [-0.2, 0) is 6.54 Å². The van der Waals surface area contributed by atoms with Crippen molar-refractivity contribution in [1.82, 2.24) is 10.3 Å². The highest BCUT2D eigenvalue weighted by Gasteiger charge is 2.09. The van der Waals surface area contributed by atoms with Gasteiger partial charge in [-0.3, -0.25) is 0 Å². The molecule has 0 unspecified atom stereocenters. The molecule has 3 rings (SSSR count). The number of rotatable bonds is 3. The van der Waals surface area contributed by atoms with Gasteiger partial charge in [-0.05, 0) is 17.7 Å². The van der Waals surface area contributed by atoms with Gasteiger partial charge in [0.15, 0.2) is 10.6 Å². The molecule has 0 aliphatic heterocycles. The van der Waals surface area contributed by atoms with Crippen LogP contribution >= 0.6 is 12.2 Å². The van der Waals surface area contributed by atoms with Gasteiger partial charge < -0.3 is 9.73 Å². The van der Waals surface area contributed by atoms with Gasteiger partial charge in [-0.1, -0.05) is 54.7 Å². The third-order valence-corrected chi connectivity index (χ3v) is 3.10. The van der Waals surface area contributed by atoms with E-state index in [1.54, 1.807) is 0 Å². The van der Waals surface area contributed by atoms with E-state index < -0.39 is 0 Å². The number of fused-ring (bicyclic) bond motifs is 1. The SMILES string of the molecule is S=C(NCc1ccccc1)c1nc2ccccc2o1. The van der Waals surface area contributed by atoms with E-state index in [9.17, 15) is 0 Å². The van der Waals surface area contributed by atoms with Crippen LogP contribution in [0.4, 0.5) is 0 Å². The summed E-state index contributed by atoms with van der Waals surface area (Å²) in [5.74, 6) is 0.465. The molecule has 0 atom stereocenters. The molecule has 3 aromatic rings. The summed E-state index contributed by atoms with van der Waals surface area (Å²) in [5.41, 5.74) is 2.74. The summed E-state index contributed by atoms with van der Waals surface area (Å²) in [5, 5.41) is 3.15. The van der Waals surface area contributed by atoms with Crippen LogP contribution in [0.25, 0.3) is 11.1 Å². The molecule has 94 valence electrons. The van der Waals surface area contributed by atoms with Gasteiger partial charge in [0.1, 0.15) is 5.52 Å². The summed E-state index contributed by atoms with van der Waals surface area (Å²) < 4.78 is 5.60. The molecule has 19 heavy (non-hydrogen) atoms. The molecule has 0 aliphatic rings. The summed E-state index contributed by atoms with van der Waals surface area (Å²) >= 11 is 5.29. The van der Waals surface area contributed by atoms with Gasteiger partial charge in [-0.2, -0.15) is 0 Å². The lowest BCUT2D eigenvalue weighted by Crippen LogP contribution is -2.21. The zero-order valence-electron chi connectivity index (χ0n) is 10.2. The van der Waals surface area contributed by atoms with Gasteiger partial charge in [0.25, 0.3) is 5.89 Å². The standard InChI is InChI=1S/C15H12N2OS/c19-15(16-10-11-6-2-1-3-7-11)14-17-12-8-4-5-9-13(12)18-14/h1-9H,10H2,(H,16,19). The molecule has 3 nitrogen and oxygen atoms in total. The molecule has 0 aliphatic carbocycles. The number of thiocarbonyl (C=S) groups is 1. The van der Waals surface area contributed by atoms with Gasteiger partial charge in [-0.15, -0.1) is 0 Å². The first-order valence-electron chi connectivity index (χ1n) is 6.00. The van der Waals surface area contributed by atoms with Crippen LogP contribution in [0.2, 0.25) is 0 Å². The van der Waals surface area contributed by atoms with Crippen LogP contribution in [0.15, 0.2) is 59.0 Å². The first-order valence-corrected chi connectivity index (χ1v) is 6.41. The number of aromatic nitrogens is 1. The maximum Gasteiger partial charge on any atom is 0.255 e. The fourth-order valence-corrected chi connectivity index (χ4v) is 1.98. The van der Waals surface area contributed by atoms with E-state index in [1.807, 2.05) is 54.6 Å². The molecule has 1 heterocycles. The van der Waals surface area contributed by atoms with Gasteiger partial charge in [-0.25, -0.2) is 4.98 Å². The number of para-hydroxylation sites is 2. The van der Waals surface area contributed by atoms with Crippen molar-refractivity contribution in [2.75, 3.05) is 0 Å². The summed E-state index contributed by atoms with van der Waals surface area (Å²) in [7, 11) is 0. The molecule has 0 amide bonds. The Labute approximate surface area is 116 Å². The van der Waals surface area contributed by atoms with Crippen molar-refractivity contribution in [1.29, 1.82) is 0 Å². The van der Waals surface area contributed by atoms with Gasteiger partial charge in [0.05, 0.1) is 0 Å². The summed E-state index contributed by atoms with van der Waals surface area (Å²) in [6.07, 6.45) is 0. The Morgan fingerprint density at radius 1 is 1.05 bits per heavy atom. The van der Waals surface area contributed by atoms with Crippen LogP contribution in [0.5, 0.6) is 0 Å². The molecule has 0 bridgehead atoms. The maximum atomic E-state index is 5.60. The maximum absolute atomic E-state index is 5.60. The lowest BCUT2D eigenvalue weighted by molar-refractivity contribution is 0.587. The molecular weight excluding hydrogens is 256 g/mol. The zero-order valence-corrected chi connectivity index (χ0v) is 11.0. The molecule has 2 aromatic carbocycles. The minimum atomic E-state index is 0.465. The van der Waals surface area contributed by atoms with Crippen molar-refractivity contribution in [3.63, 3.8) is 0 Å². The van der Waals surface area contributed by atoms with E-state index >= 15 is 0 Å². The predicted molar refractivity (Wildman–Crippen MR) is 79.0 cm³/mol. The first-order chi connectivity index (χ1) is 9.33. The lowest BCUT2D eigenvalue weighted by atomic mass is 10.2. The highest BCUT2D eigenvalue weighted by Crippen LogP contribution is 2.14. The monoisotopic (exact) mass is 268 g/mol. The second kappa shape index (κ2) is 5.20. The molecule has 0 radical (unpaired) electrons. The predicted octanol–water partition coefficient (Wildman–Crippen LogP) is 3.29. The van der Waals surface area contributed by atoms with Crippen molar-refractivity contribution >= 4 is 28.3 Å². The zero-order chi connectivity index (χ0) is 13.1. The molecule has 0 saturated heterocycles. The number of nitrogens with one attached hydrogen (secondary N) is 1. The Morgan fingerprint density at radius 3 is 2.58 bits per heavy atom. The van der Waals surface area contributed by atoms with E-state index in [2.05, 4.69) is 10.3 Å². The summed E-state index contributed by atoms with van der Waals surface area (Å²) in [6, 6.07) is 17.7. The van der Waals surface area contributed by atoms with Gasteiger partial charge >= 0.3 is 0 Å². The number of benzene rings is 2. The minimum Gasteiger partial charge on any atom is -0.434 e. The topological polar surface area (TPSA) is 38.1 Å². The average molecular weight is 268 g/mol. The smallest absolute Gasteiger partial charge is 0.255 e. The van der Waals surface area contributed by atoms with Crippen molar-refractivity contribution in [2.45, 2.75) is 6.54 Å². The third-order valence-electron chi connectivity index (χ3n) is 2.78. The van der Waals surface area contributed by atoms with E-state index in [-0.39, 0.29) is 0 Å². The molecule has 1 aromatic heterocycles. The van der Waals surface area contributed by atoms with E-state index in [4.69, 9.17) is 16.6 Å². The number of hydrogen-bond acceptors (Lipinski definition) is 3. The summed E-state index contributed by atoms with van der Waals surface area (Å²) in [6.45, 7) is 0.665. The van der Waals surface area contributed by atoms with Crippen LogP contribution < -0.4 is 5.32 Å². The van der Waals surface area contributed by atoms with E-state index in [0.29, 0.717) is 17.4 Å². The van der Waals surface area contributed by atoms with Crippen molar-refractivity contribution in [3.8, 4) is 0 Å². The third kappa shape index (κ3) is 2.63. The molecule has 1 N–H and O–H groups in total. The Hall–Kier alpha value is -2.20. The molecule has 0 spiro atoms. The van der Waals surface area contributed by atoms with Crippen molar-refractivity contribution in [3.05, 3.63) is 66.1 Å². The highest BCUT2D eigenvalue weighted by atomic mass is 32.1. The van der Waals surface area contributed by atoms with Crippen LogP contribution in [0.1, 0.15) is 11.5 Å². The quantitative estimate of drug-likeness (QED) is 0.740. The molecule has 4 heteroatoms. The lowest BCUT2D eigenvalue weighted by Gasteiger charge is -2.04. The van der Waals surface area contributed by atoms with Gasteiger partial charge in [0.2, 0.25) is 0 Å². The second-order valence-electron chi connectivity index (χ2n) is 4.16. The Balaban J connectivity index is 1.73. The van der Waals surface area contributed by atoms with Crippen LogP contribution in [0.3, 0.4) is 0 Å². The number of nitrogens with zero attached hydrogens (tertiary/aromatic N) is 1. The normalized spacial score (nSPS) is 10.5. The van der Waals surface area contributed by atoms with Crippen molar-refractivity contribution < 1.29 is 4.42 Å². The fourth-order valence-electron chi connectivity index (χ4n) is 1.82. The largest absolute Gasteiger partial charge is 0.434 e. The minimum absolute atomic E-state index is 0.465. The molecule has 0 saturated carbocycles. The van der Waals surface area contributed by atoms with Gasteiger partial charge in [0, 0.05) is 6.54 Å². The average Bonchev–Trinajstić information content (AvgIpc) is 2.90. The fraction of sp³-hybridized carbons (Fsp3) is 0.0667. The first kappa shape index (κ1) is 11.9. The van der Waals surface area contributed by atoms with Crippen molar-refractivity contribution in [2.24, 2.45) is 0 Å². The Kier molecular flexibility index (Phi) is 3.25.